The second-order valence-corrected chi connectivity index (χ2v) is 10.3. The third-order valence-electron chi connectivity index (χ3n) is 6.43. The first-order valence-electron chi connectivity index (χ1n) is 10.1. The lowest BCUT2D eigenvalue weighted by molar-refractivity contribution is -0.133. The Hall–Kier alpha value is -1.93. The lowest BCUT2D eigenvalue weighted by atomic mass is 10.00. The van der Waals surface area contributed by atoms with Crippen molar-refractivity contribution in [1.82, 2.24) is 9.21 Å². The van der Waals surface area contributed by atoms with E-state index in [-0.39, 0.29) is 23.8 Å². The highest BCUT2D eigenvalue weighted by atomic mass is 32.2. The van der Waals surface area contributed by atoms with E-state index in [0.717, 1.165) is 29.7 Å². The van der Waals surface area contributed by atoms with Crippen molar-refractivity contribution in [1.29, 1.82) is 0 Å². The molecule has 3 heterocycles. The number of aryl methyl sites for hydroxylation is 1. The molecule has 7 nitrogen and oxygen atoms in total. The zero-order valence-electron chi connectivity index (χ0n) is 16.1. The molecule has 8 heteroatoms. The molecule has 4 aliphatic rings. The molecule has 1 aliphatic carbocycles. The van der Waals surface area contributed by atoms with Crippen LogP contribution in [0.2, 0.25) is 0 Å². The standard InChI is InChI=1S/C20H25N3O4S/c1-13-10-16-12-17(11-15-4-5-18(24)23(13)19(15)16)28(26,27)22-8-6-21(7-9-22)20(25)14-2-3-14/h11-14H,2-10H2,1H3/t13-/m1/s1. The molecule has 1 saturated heterocycles. The van der Waals surface area contributed by atoms with Gasteiger partial charge in [-0.2, -0.15) is 4.31 Å². The van der Waals surface area contributed by atoms with Gasteiger partial charge in [-0.1, -0.05) is 0 Å². The van der Waals surface area contributed by atoms with Gasteiger partial charge in [0, 0.05) is 44.6 Å². The van der Waals surface area contributed by atoms with Gasteiger partial charge in [-0.25, -0.2) is 8.42 Å². The molecular weight excluding hydrogens is 378 g/mol. The summed E-state index contributed by atoms with van der Waals surface area (Å²) in [5.41, 5.74) is 2.85. The number of piperazine rings is 1. The Morgan fingerprint density at radius 1 is 1.04 bits per heavy atom. The van der Waals surface area contributed by atoms with Crippen LogP contribution in [0.4, 0.5) is 5.69 Å². The molecule has 28 heavy (non-hydrogen) atoms. The van der Waals surface area contributed by atoms with Crippen molar-refractivity contribution in [2.45, 2.75) is 50.0 Å². The summed E-state index contributed by atoms with van der Waals surface area (Å²) in [5, 5.41) is 0. The van der Waals surface area contributed by atoms with Crippen molar-refractivity contribution in [2.75, 3.05) is 31.1 Å². The average molecular weight is 404 g/mol. The van der Waals surface area contributed by atoms with E-state index >= 15 is 0 Å². The van der Waals surface area contributed by atoms with E-state index in [9.17, 15) is 18.0 Å². The summed E-state index contributed by atoms with van der Waals surface area (Å²) in [5.74, 6) is 0.476. The molecule has 1 saturated carbocycles. The SMILES string of the molecule is C[C@@H]1Cc2cc(S(=O)(=O)N3CCN(C(=O)C4CC4)CC3)cc3c2N1C(=O)CC3. The van der Waals surface area contributed by atoms with Gasteiger partial charge in [0.1, 0.15) is 0 Å². The minimum Gasteiger partial charge on any atom is -0.340 e. The zero-order valence-corrected chi connectivity index (χ0v) is 16.9. The van der Waals surface area contributed by atoms with Gasteiger partial charge in [0.15, 0.2) is 0 Å². The molecule has 1 aromatic rings. The Morgan fingerprint density at radius 2 is 1.71 bits per heavy atom. The number of rotatable bonds is 3. The van der Waals surface area contributed by atoms with Crippen molar-refractivity contribution >= 4 is 27.5 Å². The van der Waals surface area contributed by atoms with Gasteiger partial charge in [0.05, 0.1) is 10.6 Å². The Balaban J connectivity index is 1.40. The van der Waals surface area contributed by atoms with Crippen LogP contribution in [0.15, 0.2) is 17.0 Å². The largest absolute Gasteiger partial charge is 0.340 e. The Kier molecular flexibility index (Phi) is 4.07. The Morgan fingerprint density at radius 3 is 2.39 bits per heavy atom. The quantitative estimate of drug-likeness (QED) is 0.759. The molecule has 2 fully saturated rings. The maximum absolute atomic E-state index is 13.3. The first kappa shape index (κ1) is 18.1. The van der Waals surface area contributed by atoms with Crippen LogP contribution in [0.25, 0.3) is 0 Å². The highest BCUT2D eigenvalue weighted by Crippen LogP contribution is 2.41. The number of nitrogens with zero attached hydrogens (tertiary/aromatic N) is 3. The molecule has 1 aromatic carbocycles. The molecule has 3 aliphatic heterocycles. The fourth-order valence-electron chi connectivity index (χ4n) is 4.78. The van der Waals surface area contributed by atoms with Crippen LogP contribution in [0.3, 0.4) is 0 Å². The fourth-order valence-corrected chi connectivity index (χ4v) is 6.31. The molecule has 5 rings (SSSR count). The maximum atomic E-state index is 13.3. The number of hydrogen-bond acceptors (Lipinski definition) is 4. The summed E-state index contributed by atoms with van der Waals surface area (Å²) in [7, 11) is -3.60. The number of benzene rings is 1. The van der Waals surface area contributed by atoms with Gasteiger partial charge in [-0.15, -0.1) is 0 Å². The molecule has 2 amide bonds. The maximum Gasteiger partial charge on any atom is 0.243 e. The monoisotopic (exact) mass is 403 g/mol. The van der Waals surface area contributed by atoms with Crippen LogP contribution < -0.4 is 4.90 Å². The number of carbonyl (C=O) groups excluding carboxylic acids is 2. The normalized spacial score (nSPS) is 25.2. The molecular formula is C20H25N3O4S. The van der Waals surface area contributed by atoms with Gasteiger partial charge < -0.3 is 9.80 Å². The molecule has 0 bridgehead atoms. The molecule has 0 N–H and O–H groups in total. The molecule has 150 valence electrons. The molecule has 0 aromatic heterocycles. The minimum absolute atomic E-state index is 0.0801. The van der Waals surface area contributed by atoms with Crippen LogP contribution in [-0.4, -0.2) is 61.7 Å². The van der Waals surface area contributed by atoms with Crippen molar-refractivity contribution in [2.24, 2.45) is 5.92 Å². The van der Waals surface area contributed by atoms with Crippen molar-refractivity contribution in [3.63, 3.8) is 0 Å². The average Bonchev–Trinajstić information content (AvgIpc) is 3.47. The van der Waals surface area contributed by atoms with E-state index in [1.54, 1.807) is 17.0 Å². The van der Waals surface area contributed by atoms with Crippen LogP contribution in [-0.2, 0) is 32.5 Å². The van der Waals surface area contributed by atoms with Crippen molar-refractivity contribution in [3.8, 4) is 0 Å². The third kappa shape index (κ3) is 2.76. The third-order valence-corrected chi connectivity index (χ3v) is 8.31. The van der Waals surface area contributed by atoms with Gasteiger partial charge >= 0.3 is 0 Å². The summed E-state index contributed by atoms with van der Waals surface area (Å²) >= 11 is 0. The van der Waals surface area contributed by atoms with Gasteiger partial charge in [-0.3, -0.25) is 9.59 Å². The predicted octanol–water partition coefficient (Wildman–Crippen LogP) is 1.15. The molecule has 0 spiro atoms. The number of carbonyl (C=O) groups is 2. The van der Waals surface area contributed by atoms with E-state index in [1.807, 2.05) is 11.8 Å². The number of hydrogen-bond donors (Lipinski definition) is 0. The topological polar surface area (TPSA) is 78.0 Å². The highest BCUT2D eigenvalue weighted by molar-refractivity contribution is 7.89. The van der Waals surface area contributed by atoms with Crippen LogP contribution in [0.1, 0.15) is 37.3 Å². The smallest absolute Gasteiger partial charge is 0.243 e. The zero-order chi connectivity index (χ0) is 19.6. The molecule has 0 unspecified atom stereocenters. The number of sulfonamides is 1. The highest BCUT2D eigenvalue weighted by Gasteiger charge is 2.39. The fraction of sp³-hybridized carbons (Fsp3) is 0.600. The second-order valence-electron chi connectivity index (χ2n) is 8.41. The lowest BCUT2D eigenvalue weighted by Gasteiger charge is -2.34. The molecule has 0 radical (unpaired) electrons. The van der Waals surface area contributed by atoms with E-state index in [2.05, 4.69) is 0 Å². The Bertz CT molecular complexity index is 962. The lowest BCUT2D eigenvalue weighted by Crippen LogP contribution is -2.50. The summed E-state index contributed by atoms with van der Waals surface area (Å²) in [4.78, 5) is 28.5. The van der Waals surface area contributed by atoms with Crippen molar-refractivity contribution < 1.29 is 18.0 Å². The first-order valence-corrected chi connectivity index (χ1v) is 11.6. The summed E-state index contributed by atoms with van der Waals surface area (Å²) in [6, 6.07) is 3.59. The van der Waals surface area contributed by atoms with Gasteiger partial charge in [0.2, 0.25) is 21.8 Å². The predicted molar refractivity (Wildman–Crippen MR) is 103 cm³/mol. The number of anilines is 1. The van der Waals surface area contributed by atoms with Crippen molar-refractivity contribution in [3.05, 3.63) is 23.3 Å². The second kappa shape index (κ2) is 6.29. The van der Waals surface area contributed by atoms with Gasteiger partial charge in [-0.05, 0) is 55.9 Å². The van der Waals surface area contributed by atoms with E-state index in [0.29, 0.717) is 50.3 Å². The van der Waals surface area contributed by atoms with E-state index in [4.69, 9.17) is 0 Å². The summed E-state index contributed by atoms with van der Waals surface area (Å²) in [6.45, 7) is 3.62. The molecule has 1 atom stereocenters. The summed E-state index contributed by atoms with van der Waals surface area (Å²) < 4.78 is 28.0. The van der Waals surface area contributed by atoms with E-state index < -0.39 is 10.0 Å². The Labute approximate surface area is 165 Å². The first-order chi connectivity index (χ1) is 13.4. The van der Waals surface area contributed by atoms with Crippen LogP contribution in [0.5, 0.6) is 0 Å². The minimum atomic E-state index is -3.60. The number of amides is 2. The van der Waals surface area contributed by atoms with Crippen LogP contribution >= 0.6 is 0 Å². The van der Waals surface area contributed by atoms with Crippen LogP contribution in [0, 0.1) is 5.92 Å². The van der Waals surface area contributed by atoms with Gasteiger partial charge in [0.25, 0.3) is 0 Å². The summed E-state index contributed by atoms with van der Waals surface area (Å²) in [6.07, 6.45) is 3.65. The van der Waals surface area contributed by atoms with E-state index in [1.165, 1.54) is 4.31 Å².